The molecule has 264 valence electrons. The Morgan fingerprint density at radius 3 is 1.90 bits per heavy atom. The van der Waals surface area contributed by atoms with Crippen LogP contribution in [0.5, 0.6) is 0 Å². The molecule has 1 heterocycles. The SMILES string of the molecule is N=C(N)c1cccc(CNC(=O)Cn2c(-c3ccccc3)ncc(NS(=O)(=O)Cc3ccccc3)c2=O)c1.O=C(C(=O)C(F)(F)F)C(F)(F)F. The van der Waals surface area contributed by atoms with Crippen LogP contribution in [0.1, 0.15) is 16.7 Å². The molecule has 0 aliphatic rings. The highest BCUT2D eigenvalue weighted by atomic mass is 32.2. The number of benzene rings is 3. The van der Waals surface area contributed by atoms with Gasteiger partial charge in [-0.25, -0.2) is 13.4 Å². The molecule has 50 heavy (non-hydrogen) atoms. The summed E-state index contributed by atoms with van der Waals surface area (Å²) in [7, 11) is -3.92. The minimum absolute atomic E-state index is 0.0881. The first-order valence-electron chi connectivity index (χ1n) is 13.9. The normalized spacial score (nSPS) is 11.5. The molecule has 0 saturated carbocycles. The van der Waals surface area contributed by atoms with Crippen LogP contribution in [0.25, 0.3) is 11.4 Å². The van der Waals surface area contributed by atoms with Crippen LogP contribution in [0.4, 0.5) is 32.0 Å². The number of nitrogens with two attached hydrogens (primary N) is 1. The Kier molecular flexibility index (Phi) is 12.4. The van der Waals surface area contributed by atoms with Crippen molar-refractivity contribution in [1.29, 1.82) is 5.41 Å². The molecule has 3 aromatic carbocycles. The van der Waals surface area contributed by atoms with Crippen LogP contribution in [0.3, 0.4) is 0 Å². The molecule has 5 N–H and O–H groups in total. The Balaban J connectivity index is 0.000000482. The fourth-order valence-corrected chi connectivity index (χ4v) is 5.21. The topological polar surface area (TPSA) is 194 Å². The van der Waals surface area contributed by atoms with Crippen LogP contribution in [-0.4, -0.2) is 53.6 Å². The summed E-state index contributed by atoms with van der Waals surface area (Å²) in [5.41, 5.74) is 6.96. The zero-order valence-electron chi connectivity index (χ0n) is 25.4. The zero-order valence-corrected chi connectivity index (χ0v) is 26.2. The van der Waals surface area contributed by atoms with Gasteiger partial charge in [0.25, 0.3) is 5.56 Å². The molecule has 1 aromatic heterocycles. The van der Waals surface area contributed by atoms with Crippen molar-refractivity contribution in [2.45, 2.75) is 31.2 Å². The largest absolute Gasteiger partial charge is 0.458 e. The first-order valence-corrected chi connectivity index (χ1v) is 15.6. The lowest BCUT2D eigenvalue weighted by atomic mass is 10.1. The third kappa shape index (κ3) is 11.1. The van der Waals surface area contributed by atoms with E-state index in [1.807, 2.05) is 0 Å². The van der Waals surface area contributed by atoms with Gasteiger partial charge in [-0.2, -0.15) is 26.3 Å². The number of hydrogen-bond donors (Lipinski definition) is 4. The molecule has 0 atom stereocenters. The summed E-state index contributed by atoms with van der Waals surface area (Å²) in [5, 5.41) is 10.3. The molecule has 0 unspecified atom stereocenters. The third-order valence-corrected chi connectivity index (χ3v) is 7.54. The van der Waals surface area contributed by atoms with E-state index >= 15 is 0 Å². The summed E-state index contributed by atoms with van der Waals surface area (Å²) in [6.45, 7) is -0.247. The van der Waals surface area contributed by atoms with E-state index < -0.39 is 52.0 Å². The average molecular weight is 725 g/mol. The number of rotatable bonds is 11. The Morgan fingerprint density at radius 1 is 0.820 bits per heavy atom. The lowest BCUT2D eigenvalue weighted by Gasteiger charge is -2.15. The predicted octanol–water partition coefficient (Wildman–Crippen LogP) is 3.70. The molecule has 19 heteroatoms. The monoisotopic (exact) mass is 724 g/mol. The number of anilines is 1. The fourth-order valence-electron chi connectivity index (χ4n) is 4.03. The molecule has 0 spiro atoms. The van der Waals surface area contributed by atoms with E-state index in [1.54, 1.807) is 84.9 Å². The second kappa shape index (κ2) is 16.0. The van der Waals surface area contributed by atoms with Gasteiger partial charge in [-0.05, 0) is 17.2 Å². The second-order valence-corrected chi connectivity index (χ2v) is 11.9. The number of aromatic nitrogens is 2. The Bertz CT molecular complexity index is 2010. The van der Waals surface area contributed by atoms with Gasteiger partial charge in [-0.15, -0.1) is 0 Å². The molecule has 0 bridgehead atoms. The van der Waals surface area contributed by atoms with Gasteiger partial charge >= 0.3 is 23.9 Å². The number of nitrogen functional groups attached to an aromatic ring is 1. The van der Waals surface area contributed by atoms with Gasteiger partial charge < -0.3 is 11.1 Å². The van der Waals surface area contributed by atoms with Crippen LogP contribution in [0.2, 0.25) is 0 Å². The molecular weight excluding hydrogens is 698 g/mol. The Labute approximate surface area is 279 Å². The Hall–Kier alpha value is -5.85. The van der Waals surface area contributed by atoms with E-state index in [2.05, 4.69) is 15.0 Å². The third-order valence-electron chi connectivity index (χ3n) is 6.29. The molecule has 0 aliphatic heterocycles. The minimum Gasteiger partial charge on any atom is -0.384 e. The van der Waals surface area contributed by atoms with Crippen molar-refractivity contribution >= 4 is 39.0 Å². The van der Waals surface area contributed by atoms with E-state index in [-0.39, 0.29) is 29.6 Å². The quantitative estimate of drug-likeness (QED) is 0.0778. The Morgan fingerprint density at radius 2 is 1.36 bits per heavy atom. The summed E-state index contributed by atoms with van der Waals surface area (Å²) in [6.07, 6.45) is -10.4. The molecular formula is C31H26F6N6O6S. The standard InChI is InChI=1S/C27H26N6O4S.C4F6O2/c28-25(29)22-13-7-10-20(14-22)15-30-24(34)17-33-26(21-11-5-2-6-12-21)31-16-23(27(33)35)32-38(36,37)18-19-8-3-1-4-9-19;5-3(6,7)1(11)2(12)4(8,9)10/h1-14,16,32H,15,17-18H2,(H3,28,29)(H,30,34);. The molecule has 1 amide bonds. The summed E-state index contributed by atoms with van der Waals surface area (Å²) in [6, 6.07) is 24.3. The van der Waals surface area contributed by atoms with Crippen LogP contribution < -0.4 is 21.3 Å². The first-order chi connectivity index (χ1) is 23.3. The van der Waals surface area contributed by atoms with Crippen LogP contribution in [0, 0.1) is 5.41 Å². The van der Waals surface area contributed by atoms with Gasteiger partial charge in [0.1, 0.15) is 23.9 Å². The van der Waals surface area contributed by atoms with Crippen molar-refractivity contribution in [3.05, 3.63) is 118 Å². The lowest BCUT2D eigenvalue weighted by molar-refractivity contribution is -0.193. The lowest BCUT2D eigenvalue weighted by Crippen LogP contribution is -2.39. The van der Waals surface area contributed by atoms with Crippen LogP contribution in [0.15, 0.2) is 95.9 Å². The highest BCUT2D eigenvalue weighted by Crippen LogP contribution is 2.24. The summed E-state index contributed by atoms with van der Waals surface area (Å²) in [4.78, 5) is 49.8. The zero-order chi connectivity index (χ0) is 37.3. The van der Waals surface area contributed by atoms with Gasteiger partial charge in [0, 0.05) is 17.7 Å². The molecule has 12 nitrogen and oxygen atoms in total. The molecule has 0 saturated heterocycles. The number of carbonyl (C=O) groups excluding carboxylic acids is 3. The number of nitrogens with zero attached hydrogens (tertiary/aromatic N) is 2. The fraction of sp³-hybridized carbons (Fsp3) is 0.161. The average Bonchev–Trinajstić information content (AvgIpc) is 3.05. The number of hydrogen-bond acceptors (Lipinski definition) is 8. The summed E-state index contributed by atoms with van der Waals surface area (Å²) >= 11 is 0. The van der Waals surface area contributed by atoms with E-state index in [4.69, 9.17) is 11.1 Å². The van der Waals surface area contributed by atoms with Gasteiger partial charge in [0.2, 0.25) is 15.9 Å². The van der Waals surface area contributed by atoms with Crippen molar-refractivity contribution in [2.75, 3.05) is 4.72 Å². The number of ketones is 2. The molecule has 4 aromatic rings. The van der Waals surface area contributed by atoms with E-state index in [9.17, 15) is 53.9 Å². The number of carbonyl (C=O) groups is 3. The van der Waals surface area contributed by atoms with Crippen molar-refractivity contribution in [2.24, 2.45) is 5.73 Å². The van der Waals surface area contributed by atoms with Gasteiger partial charge in [-0.1, -0.05) is 78.9 Å². The summed E-state index contributed by atoms with van der Waals surface area (Å²) < 4.78 is 95.9. The number of Topliss-reactive ketones (excluding diaryl/α,β-unsaturated/α-hetero) is 2. The second-order valence-electron chi connectivity index (χ2n) is 10.1. The molecule has 4 rings (SSSR count). The van der Waals surface area contributed by atoms with Gasteiger partial charge in [0.05, 0.1) is 11.9 Å². The van der Waals surface area contributed by atoms with E-state index in [0.29, 0.717) is 16.7 Å². The predicted molar refractivity (Wildman–Crippen MR) is 168 cm³/mol. The van der Waals surface area contributed by atoms with Gasteiger partial charge in [-0.3, -0.25) is 33.9 Å². The highest BCUT2D eigenvalue weighted by Gasteiger charge is 2.54. The maximum Gasteiger partial charge on any atom is 0.458 e. The molecule has 0 radical (unpaired) electrons. The van der Waals surface area contributed by atoms with E-state index in [0.717, 1.165) is 16.3 Å². The van der Waals surface area contributed by atoms with Crippen LogP contribution in [-0.2, 0) is 43.2 Å². The van der Waals surface area contributed by atoms with Crippen molar-refractivity contribution in [3.63, 3.8) is 0 Å². The number of amides is 1. The molecule has 0 fully saturated rings. The van der Waals surface area contributed by atoms with Crippen LogP contribution >= 0.6 is 0 Å². The first kappa shape index (κ1) is 38.6. The van der Waals surface area contributed by atoms with Crippen molar-refractivity contribution < 1.29 is 49.1 Å². The smallest absolute Gasteiger partial charge is 0.384 e. The molecule has 0 aliphatic carbocycles. The van der Waals surface area contributed by atoms with Crippen molar-refractivity contribution in [3.8, 4) is 11.4 Å². The number of amidine groups is 1. The van der Waals surface area contributed by atoms with Gasteiger partial charge in [0.15, 0.2) is 0 Å². The number of nitrogens with one attached hydrogen (secondary N) is 3. The number of alkyl halides is 6. The number of sulfonamides is 1. The maximum atomic E-state index is 13.4. The van der Waals surface area contributed by atoms with Crippen molar-refractivity contribution in [1.82, 2.24) is 14.9 Å². The number of halogens is 6. The minimum atomic E-state index is -5.77. The maximum absolute atomic E-state index is 13.4. The van der Waals surface area contributed by atoms with E-state index in [1.165, 1.54) is 0 Å². The summed E-state index contributed by atoms with van der Waals surface area (Å²) in [5.74, 6) is -7.49. The highest BCUT2D eigenvalue weighted by molar-refractivity contribution is 7.91.